The van der Waals surface area contributed by atoms with Gasteiger partial charge in [0.1, 0.15) is 0 Å². The highest BCUT2D eigenvalue weighted by molar-refractivity contribution is 5.65. The summed E-state index contributed by atoms with van der Waals surface area (Å²) in [6.45, 7) is 3.80. The van der Waals surface area contributed by atoms with E-state index in [1.807, 2.05) is 85.8 Å². The molecule has 2 aromatic rings. The molecule has 0 saturated carbocycles. The first-order valence-electron chi connectivity index (χ1n) is 6.78. The molecule has 0 aliphatic carbocycles. The van der Waals surface area contributed by atoms with Gasteiger partial charge in [0.05, 0.1) is 5.60 Å². The molecule has 0 saturated heterocycles. The maximum Gasteiger partial charge on any atom is 0.0989 e. The van der Waals surface area contributed by atoms with Crippen molar-refractivity contribution in [2.45, 2.75) is 19.4 Å². The van der Waals surface area contributed by atoms with E-state index in [1.165, 1.54) is 0 Å². The fourth-order valence-corrected chi connectivity index (χ4v) is 2.10. The van der Waals surface area contributed by atoms with Gasteiger partial charge in [-0.05, 0) is 42.7 Å². The summed E-state index contributed by atoms with van der Waals surface area (Å²) >= 11 is 0. The summed E-state index contributed by atoms with van der Waals surface area (Å²) in [5.41, 5.74) is 2.31. The monoisotopic (exact) mass is 264 g/mol. The molecule has 20 heavy (non-hydrogen) atoms. The fraction of sp³-hybridized carbons (Fsp3) is 0.158. The minimum atomic E-state index is -0.963. The Morgan fingerprint density at radius 3 is 2.10 bits per heavy atom. The van der Waals surface area contributed by atoms with Gasteiger partial charge in [-0.2, -0.15) is 0 Å². The Morgan fingerprint density at radius 1 is 0.950 bits per heavy atom. The van der Waals surface area contributed by atoms with E-state index in [0.29, 0.717) is 0 Å². The molecule has 0 aromatic heterocycles. The lowest BCUT2D eigenvalue weighted by atomic mass is 9.98. The Hall–Kier alpha value is -2.12. The Bertz CT molecular complexity index is 592. The standard InChI is InChI=1S/C19H20O/c1-16(18-11-7-4-8-12-18)15-19(2,20)14-13-17-9-5-3-6-10-17/h3-15,20H,1-2H3. The van der Waals surface area contributed by atoms with Crippen LogP contribution in [0.25, 0.3) is 11.6 Å². The normalized spacial score (nSPS) is 15.2. The molecular weight excluding hydrogens is 244 g/mol. The van der Waals surface area contributed by atoms with Crippen molar-refractivity contribution in [2.75, 3.05) is 0 Å². The first-order valence-corrected chi connectivity index (χ1v) is 6.78. The van der Waals surface area contributed by atoms with Gasteiger partial charge in [-0.15, -0.1) is 0 Å². The number of hydrogen-bond acceptors (Lipinski definition) is 1. The third-order valence-corrected chi connectivity index (χ3v) is 3.15. The lowest BCUT2D eigenvalue weighted by Crippen LogP contribution is -2.17. The van der Waals surface area contributed by atoms with E-state index >= 15 is 0 Å². The van der Waals surface area contributed by atoms with Crippen molar-refractivity contribution in [3.8, 4) is 0 Å². The summed E-state index contributed by atoms with van der Waals surface area (Å²) in [5, 5.41) is 10.4. The predicted octanol–water partition coefficient (Wildman–Crippen LogP) is 4.55. The lowest BCUT2D eigenvalue weighted by Gasteiger charge is -2.16. The van der Waals surface area contributed by atoms with Crippen LogP contribution in [0.5, 0.6) is 0 Å². The smallest absolute Gasteiger partial charge is 0.0989 e. The van der Waals surface area contributed by atoms with Crippen LogP contribution in [0.2, 0.25) is 0 Å². The van der Waals surface area contributed by atoms with Gasteiger partial charge >= 0.3 is 0 Å². The molecule has 0 fully saturated rings. The zero-order valence-corrected chi connectivity index (χ0v) is 12.0. The summed E-state index contributed by atoms with van der Waals surface area (Å²) in [6.07, 6.45) is 5.63. The lowest BCUT2D eigenvalue weighted by molar-refractivity contribution is 0.165. The van der Waals surface area contributed by atoms with Crippen molar-refractivity contribution in [3.05, 3.63) is 83.9 Å². The average molecular weight is 264 g/mol. The fourth-order valence-electron chi connectivity index (χ4n) is 2.10. The molecule has 102 valence electrons. The van der Waals surface area contributed by atoms with Crippen LogP contribution in [0.4, 0.5) is 0 Å². The van der Waals surface area contributed by atoms with Crippen molar-refractivity contribution in [1.29, 1.82) is 0 Å². The molecule has 2 aromatic carbocycles. The van der Waals surface area contributed by atoms with Crippen molar-refractivity contribution in [1.82, 2.24) is 0 Å². The topological polar surface area (TPSA) is 20.2 Å². The first kappa shape index (κ1) is 14.3. The Balaban J connectivity index is 2.17. The van der Waals surface area contributed by atoms with E-state index in [4.69, 9.17) is 0 Å². The molecule has 0 amide bonds. The molecular formula is C19H20O. The highest BCUT2D eigenvalue weighted by atomic mass is 16.3. The molecule has 0 aliphatic heterocycles. The van der Waals surface area contributed by atoms with Crippen molar-refractivity contribution >= 4 is 11.6 Å². The van der Waals surface area contributed by atoms with Crippen molar-refractivity contribution in [2.24, 2.45) is 0 Å². The number of benzene rings is 2. The maximum absolute atomic E-state index is 10.4. The van der Waals surface area contributed by atoms with Crippen LogP contribution in [0.15, 0.2) is 72.8 Å². The Labute approximate surface area is 120 Å². The first-order chi connectivity index (χ1) is 9.57. The molecule has 0 spiro atoms. The number of aliphatic hydroxyl groups is 1. The molecule has 1 atom stereocenters. The zero-order valence-electron chi connectivity index (χ0n) is 12.0. The number of allylic oxidation sites excluding steroid dienone is 1. The van der Waals surface area contributed by atoms with Crippen molar-refractivity contribution < 1.29 is 5.11 Å². The quantitative estimate of drug-likeness (QED) is 0.858. The summed E-state index contributed by atoms with van der Waals surface area (Å²) < 4.78 is 0. The van der Waals surface area contributed by atoms with Gasteiger partial charge in [-0.1, -0.05) is 66.7 Å². The molecule has 0 heterocycles. The largest absolute Gasteiger partial charge is 0.382 e. The van der Waals surface area contributed by atoms with Gasteiger partial charge < -0.3 is 5.11 Å². The minimum absolute atomic E-state index is 0.963. The molecule has 1 N–H and O–H groups in total. The van der Waals surface area contributed by atoms with Gasteiger partial charge in [0, 0.05) is 0 Å². The summed E-state index contributed by atoms with van der Waals surface area (Å²) in [4.78, 5) is 0. The van der Waals surface area contributed by atoms with Gasteiger partial charge in [0.25, 0.3) is 0 Å². The van der Waals surface area contributed by atoms with Crippen LogP contribution in [0.1, 0.15) is 25.0 Å². The van der Waals surface area contributed by atoms with Gasteiger partial charge in [0.2, 0.25) is 0 Å². The number of rotatable bonds is 4. The van der Waals surface area contributed by atoms with Crippen LogP contribution >= 0.6 is 0 Å². The van der Waals surface area contributed by atoms with Crippen LogP contribution in [-0.4, -0.2) is 10.7 Å². The highest BCUT2D eigenvalue weighted by Crippen LogP contribution is 2.19. The third-order valence-electron chi connectivity index (χ3n) is 3.15. The van der Waals surface area contributed by atoms with E-state index < -0.39 is 5.60 Å². The van der Waals surface area contributed by atoms with E-state index in [1.54, 1.807) is 6.92 Å². The Morgan fingerprint density at radius 2 is 1.50 bits per heavy atom. The second-order valence-electron chi connectivity index (χ2n) is 5.16. The summed E-state index contributed by atoms with van der Waals surface area (Å²) in [5.74, 6) is 0. The summed E-state index contributed by atoms with van der Waals surface area (Å²) in [7, 11) is 0. The predicted molar refractivity (Wildman–Crippen MR) is 86.2 cm³/mol. The average Bonchev–Trinajstić information content (AvgIpc) is 2.47. The van der Waals surface area contributed by atoms with Crippen LogP contribution in [0.3, 0.4) is 0 Å². The molecule has 1 nitrogen and oxygen atoms in total. The van der Waals surface area contributed by atoms with Gasteiger partial charge in [0.15, 0.2) is 0 Å². The van der Waals surface area contributed by atoms with E-state index in [0.717, 1.165) is 16.7 Å². The van der Waals surface area contributed by atoms with Gasteiger partial charge in [-0.25, -0.2) is 0 Å². The zero-order chi connectivity index (χ0) is 14.4. The van der Waals surface area contributed by atoms with E-state index in [2.05, 4.69) is 0 Å². The van der Waals surface area contributed by atoms with E-state index in [9.17, 15) is 5.11 Å². The highest BCUT2D eigenvalue weighted by Gasteiger charge is 2.13. The maximum atomic E-state index is 10.4. The van der Waals surface area contributed by atoms with E-state index in [-0.39, 0.29) is 0 Å². The Kier molecular flexibility index (Phi) is 4.54. The van der Waals surface area contributed by atoms with Crippen LogP contribution in [0, 0.1) is 0 Å². The molecule has 1 unspecified atom stereocenters. The third kappa shape index (κ3) is 4.22. The molecule has 0 radical (unpaired) electrons. The molecule has 1 heteroatoms. The van der Waals surface area contributed by atoms with Crippen molar-refractivity contribution in [3.63, 3.8) is 0 Å². The second kappa shape index (κ2) is 6.36. The molecule has 2 rings (SSSR count). The van der Waals surface area contributed by atoms with Crippen LogP contribution < -0.4 is 0 Å². The summed E-state index contributed by atoms with van der Waals surface area (Å²) in [6, 6.07) is 20.1. The van der Waals surface area contributed by atoms with Crippen LogP contribution in [-0.2, 0) is 0 Å². The van der Waals surface area contributed by atoms with Gasteiger partial charge in [-0.3, -0.25) is 0 Å². The second-order valence-corrected chi connectivity index (χ2v) is 5.16. The number of hydrogen-bond donors (Lipinski definition) is 1. The SMILES string of the molecule is CC(=CC(C)(O)C=Cc1ccccc1)c1ccccc1. The molecule has 0 bridgehead atoms. The minimum Gasteiger partial charge on any atom is -0.382 e. The molecule has 0 aliphatic rings.